The van der Waals surface area contributed by atoms with Gasteiger partial charge in [-0.1, -0.05) is 36.4 Å². The second-order valence-corrected chi connectivity index (χ2v) is 6.61. The summed E-state index contributed by atoms with van der Waals surface area (Å²) in [5.74, 6) is -1.68. The smallest absolute Gasteiger partial charge is 0.274 e. The van der Waals surface area contributed by atoms with Crippen LogP contribution in [0.4, 0.5) is 20.3 Å². The van der Waals surface area contributed by atoms with Crippen LogP contribution < -0.4 is 10.6 Å². The van der Waals surface area contributed by atoms with E-state index in [1.54, 1.807) is 0 Å². The molecule has 0 unspecified atom stereocenters. The van der Waals surface area contributed by atoms with E-state index in [0.717, 1.165) is 24.2 Å². The molecule has 1 amide bonds. The Hall–Kier alpha value is -3.39. The second kappa shape index (κ2) is 9.20. The van der Waals surface area contributed by atoms with Gasteiger partial charge in [-0.05, 0) is 26.2 Å². The van der Waals surface area contributed by atoms with Crippen LogP contribution in [0.15, 0.2) is 54.6 Å². The van der Waals surface area contributed by atoms with Crippen LogP contribution in [0.5, 0.6) is 0 Å². The fourth-order valence-corrected chi connectivity index (χ4v) is 2.57. The number of rotatable bonds is 7. The molecule has 3 rings (SSSR count). The molecule has 150 valence electrons. The number of amides is 1. The summed E-state index contributed by atoms with van der Waals surface area (Å²) in [5.41, 5.74) is 0.197. The molecule has 6 nitrogen and oxygen atoms in total. The Balaban J connectivity index is 1.92. The number of likely N-dealkylation sites (N-methyl/N-ethyl adjacent to an activating group) is 1. The van der Waals surface area contributed by atoms with E-state index in [-0.39, 0.29) is 5.69 Å². The van der Waals surface area contributed by atoms with Crippen molar-refractivity contribution in [2.24, 2.45) is 0 Å². The molecule has 0 radical (unpaired) electrons. The summed E-state index contributed by atoms with van der Waals surface area (Å²) in [7, 11) is 3.89. The number of hydrogen-bond donors (Lipinski definition) is 2. The summed E-state index contributed by atoms with van der Waals surface area (Å²) >= 11 is 0. The number of carbonyl (C=O) groups excluding carboxylic acids is 1. The minimum atomic E-state index is -0.861. The molecule has 0 saturated heterocycles. The molecule has 0 spiro atoms. The van der Waals surface area contributed by atoms with Gasteiger partial charge in [0.05, 0.1) is 0 Å². The SMILES string of the molecule is CN(C)CCNc1cc(C(=O)Nc2c(F)cccc2F)nc(-c2ccccc2)n1. The molecule has 0 atom stereocenters. The third-order valence-electron chi connectivity index (χ3n) is 4.06. The normalized spacial score (nSPS) is 10.8. The summed E-state index contributed by atoms with van der Waals surface area (Å²) in [4.78, 5) is 23.4. The second-order valence-electron chi connectivity index (χ2n) is 6.61. The zero-order valence-electron chi connectivity index (χ0n) is 16.1. The van der Waals surface area contributed by atoms with Gasteiger partial charge in [-0.3, -0.25) is 4.79 Å². The van der Waals surface area contributed by atoms with Crippen LogP contribution in [0, 0.1) is 11.6 Å². The van der Waals surface area contributed by atoms with Crippen molar-refractivity contribution in [2.75, 3.05) is 37.8 Å². The van der Waals surface area contributed by atoms with E-state index in [4.69, 9.17) is 0 Å². The fourth-order valence-electron chi connectivity index (χ4n) is 2.57. The molecular weight excluding hydrogens is 376 g/mol. The predicted molar refractivity (Wildman–Crippen MR) is 109 cm³/mol. The first-order valence-corrected chi connectivity index (χ1v) is 9.02. The van der Waals surface area contributed by atoms with Crippen molar-refractivity contribution >= 4 is 17.4 Å². The maximum Gasteiger partial charge on any atom is 0.274 e. The van der Waals surface area contributed by atoms with Crippen molar-refractivity contribution < 1.29 is 13.6 Å². The minimum Gasteiger partial charge on any atom is -0.369 e. The first-order valence-electron chi connectivity index (χ1n) is 9.02. The summed E-state index contributed by atoms with van der Waals surface area (Å²) < 4.78 is 27.8. The molecule has 0 fully saturated rings. The number of carbonyl (C=O) groups is 1. The Morgan fingerprint density at radius 1 is 1.00 bits per heavy atom. The number of nitrogens with zero attached hydrogens (tertiary/aromatic N) is 3. The van der Waals surface area contributed by atoms with Crippen LogP contribution >= 0.6 is 0 Å². The topological polar surface area (TPSA) is 70.2 Å². The van der Waals surface area contributed by atoms with Crippen molar-refractivity contribution in [1.82, 2.24) is 14.9 Å². The van der Waals surface area contributed by atoms with Gasteiger partial charge in [0, 0.05) is 24.7 Å². The fraction of sp³-hybridized carbons (Fsp3) is 0.190. The van der Waals surface area contributed by atoms with Crippen molar-refractivity contribution in [1.29, 1.82) is 0 Å². The highest BCUT2D eigenvalue weighted by molar-refractivity contribution is 6.03. The maximum atomic E-state index is 13.9. The quantitative estimate of drug-likeness (QED) is 0.637. The van der Waals surface area contributed by atoms with Crippen molar-refractivity contribution in [3.8, 4) is 11.4 Å². The monoisotopic (exact) mass is 397 g/mol. The average Bonchev–Trinajstić information content (AvgIpc) is 2.71. The van der Waals surface area contributed by atoms with E-state index in [1.165, 1.54) is 12.1 Å². The minimum absolute atomic E-state index is 0.00569. The van der Waals surface area contributed by atoms with Crippen molar-refractivity contribution in [2.45, 2.75) is 0 Å². The third-order valence-corrected chi connectivity index (χ3v) is 4.06. The van der Waals surface area contributed by atoms with E-state index < -0.39 is 23.2 Å². The van der Waals surface area contributed by atoms with Gasteiger partial charge in [0.2, 0.25) is 0 Å². The molecule has 0 aliphatic heterocycles. The highest BCUT2D eigenvalue weighted by Crippen LogP contribution is 2.21. The number of halogens is 2. The van der Waals surface area contributed by atoms with E-state index in [0.29, 0.717) is 18.2 Å². The van der Waals surface area contributed by atoms with Crippen LogP contribution in [-0.2, 0) is 0 Å². The van der Waals surface area contributed by atoms with Gasteiger partial charge in [0.15, 0.2) is 5.82 Å². The lowest BCUT2D eigenvalue weighted by atomic mass is 10.2. The molecule has 0 aliphatic carbocycles. The lowest BCUT2D eigenvalue weighted by Crippen LogP contribution is -2.22. The summed E-state index contributed by atoms with van der Waals surface area (Å²) in [5, 5.41) is 5.41. The lowest BCUT2D eigenvalue weighted by molar-refractivity contribution is 0.102. The van der Waals surface area contributed by atoms with Crippen molar-refractivity contribution in [3.63, 3.8) is 0 Å². The highest BCUT2D eigenvalue weighted by atomic mass is 19.1. The summed E-state index contributed by atoms with van der Waals surface area (Å²) in [6.07, 6.45) is 0. The largest absolute Gasteiger partial charge is 0.369 e. The Morgan fingerprint density at radius 3 is 2.34 bits per heavy atom. The molecule has 1 heterocycles. The first-order chi connectivity index (χ1) is 13.9. The van der Waals surface area contributed by atoms with E-state index in [9.17, 15) is 13.6 Å². The molecule has 2 aromatic carbocycles. The van der Waals surface area contributed by atoms with Gasteiger partial charge in [-0.15, -0.1) is 0 Å². The third kappa shape index (κ3) is 5.32. The van der Waals surface area contributed by atoms with E-state index in [2.05, 4.69) is 20.6 Å². The average molecular weight is 397 g/mol. The number of nitrogens with one attached hydrogen (secondary N) is 2. The zero-order valence-corrected chi connectivity index (χ0v) is 16.1. The number of anilines is 2. The Bertz CT molecular complexity index is 975. The Morgan fingerprint density at radius 2 is 1.69 bits per heavy atom. The molecule has 0 aliphatic rings. The van der Waals surface area contributed by atoms with Crippen molar-refractivity contribution in [3.05, 3.63) is 71.9 Å². The van der Waals surface area contributed by atoms with Gasteiger partial charge in [-0.25, -0.2) is 18.7 Å². The molecule has 3 aromatic rings. The molecule has 2 N–H and O–H groups in total. The van der Waals surface area contributed by atoms with Crippen LogP contribution in [0.1, 0.15) is 10.5 Å². The Kier molecular flexibility index (Phi) is 6.46. The molecule has 29 heavy (non-hydrogen) atoms. The molecular formula is C21H21F2N5O. The van der Waals surface area contributed by atoms with Crippen LogP contribution in [0.25, 0.3) is 11.4 Å². The zero-order chi connectivity index (χ0) is 20.8. The number of para-hydroxylation sites is 1. The number of hydrogen-bond acceptors (Lipinski definition) is 5. The van der Waals surface area contributed by atoms with E-state index in [1.807, 2.05) is 49.3 Å². The van der Waals surface area contributed by atoms with Gasteiger partial charge in [0.25, 0.3) is 5.91 Å². The molecule has 1 aromatic heterocycles. The van der Waals surface area contributed by atoms with Gasteiger partial charge in [0.1, 0.15) is 28.8 Å². The highest BCUT2D eigenvalue weighted by Gasteiger charge is 2.17. The standard InChI is InChI=1S/C21H21F2N5O/c1-28(2)12-11-24-18-13-17(25-20(26-18)14-7-4-3-5-8-14)21(29)27-19-15(22)9-6-10-16(19)23/h3-10,13H,11-12H2,1-2H3,(H,27,29)(H,24,25,26). The number of aromatic nitrogens is 2. The Labute approximate surface area is 167 Å². The predicted octanol–water partition coefficient (Wildman–Crippen LogP) is 3.65. The molecule has 0 bridgehead atoms. The maximum absolute atomic E-state index is 13.9. The van der Waals surface area contributed by atoms with Crippen LogP contribution in [0.2, 0.25) is 0 Å². The van der Waals surface area contributed by atoms with Crippen LogP contribution in [0.3, 0.4) is 0 Å². The first kappa shape index (κ1) is 20.3. The van der Waals surface area contributed by atoms with Gasteiger partial charge in [-0.2, -0.15) is 0 Å². The summed E-state index contributed by atoms with van der Waals surface area (Å²) in [6, 6.07) is 14.0. The summed E-state index contributed by atoms with van der Waals surface area (Å²) in [6.45, 7) is 1.36. The lowest BCUT2D eigenvalue weighted by Gasteiger charge is -2.13. The van der Waals surface area contributed by atoms with Crippen LogP contribution in [-0.4, -0.2) is 48.0 Å². The van der Waals surface area contributed by atoms with Gasteiger partial charge < -0.3 is 15.5 Å². The molecule has 0 saturated carbocycles. The molecule has 8 heteroatoms. The number of benzene rings is 2. The van der Waals surface area contributed by atoms with E-state index >= 15 is 0 Å². The van der Waals surface area contributed by atoms with Gasteiger partial charge >= 0.3 is 0 Å².